The van der Waals surface area contributed by atoms with Crippen molar-refractivity contribution in [3.8, 4) is 11.1 Å². The summed E-state index contributed by atoms with van der Waals surface area (Å²) in [4.78, 5) is 6.37. The van der Waals surface area contributed by atoms with E-state index in [9.17, 15) is 13.2 Å². The molecular weight excluding hydrogens is 249 g/mol. The van der Waals surface area contributed by atoms with Crippen molar-refractivity contribution >= 4 is 12.2 Å². The highest BCUT2D eigenvalue weighted by Crippen LogP contribution is 2.36. The Morgan fingerprint density at radius 2 is 1.82 bits per heavy atom. The van der Waals surface area contributed by atoms with Gasteiger partial charge in [0.2, 0.25) is 0 Å². The van der Waals surface area contributed by atoms with Gasteiger partial charge in [0.15, 0.2) is 0 Å². The first-order valence-electron chi connectivity index (χ1n) is 4.69. The largest absolute Gasteiger partial charge is 0.417 e. The topological polar surface area (TPSA) is 28.7 Å². The van der Waals surface area contributed by atoms with Crippen molar-refractivity contribution in [2.75, 3.05) is 0 Å². The van der Waals surface area contributed by atoms with Gasteiger partial charge in [-0.3, -0.25) is 0 Å². The van der Waals surface area contributed by atoms with Crippen LogP contribution < -0.4 is 0 Å². The molecule has 0 aliphatic carbocycles. The molecule has 0 bridgehead atoms. The zero-order valence-corrected chi connectivity index (χ0v) is 9.27. The van der Waals surface area contributed by atoms with Gasteiger partial charge in [0.25, 0.3) is 0 Å². The van der Waals surface area contributed by atoms with Crippen LogP contribution in [0, 0.1) is 4.64 Å². The Hall–Kier alpha value is -1.69. The number of rotatable bonds is 1. The minimum absolute atomic E-state index is 0.0364. The van der Waals surface area contributed by atoms with E-state index in [-0.39, 0.29) is 15.8 Å². The smallest absolute Gasteiger partial charge is 0.337 e. The lowest BCUT2D eigenvalue weighted by atomic mass is 10.0. The van der Waals surface area contributed by atoms with Crippen LogP contribution in [0.25, 0.3) is 11.1 Å². The van der Waals surface area contributed by atoms with Crippen molar-refractivity contribution in [2.24, 2.45) is 0 Å². The lowest BCUT2D eigenvalue weighted by Crippen LogP contribution is -2.07. The summed E-state index contributed by atoms with van der Waals surface area (Å²) >= 11 is 4.95. The summed E-state index contributed by atoms with van der Waals surface area (Å²) < 4.78 is 38.6. The molecule has 0 saturated heterocycles. The fraction of sp³-hybridized carbons (Fsp3) is 0.0909. The zero-order chi connectivity index (χ0) is 12.5. The summed E-state index contributed by atoms with van der Waals surface area (Å²) in [5, 5.41) is 0. The first kappa shape index (κ1) is 11.8. The Balaban J connectivity index is 2.69. The Kier molecular flexibility index (Phi) is 2.97. The molecule has 2 nitrogen and oxygen atoms in total. The third kappa shape index (κ3) is 2.36. The molecule has 0 atom stereocenters. The first-order chi connectivity index (χ1) is 8.00. The average Bonchev–Trinajstić information content (AvgIpc) is 2.28. The van der Waals surface area contributed by atoms with Crippen molar-refractivity contribution in [3.05, 3.63) is 47.0 Å². The number of alkyl halides is 3. The summed E-state index contributed by atoms with van der Waals surface area (Å²) in [6, 6.07) is 5.28. The average molecular weight is 256 g/mol. The molecule has 0 radical (unpaired) electrons. The zero-order valence-electron chi connectivity index (χ0n) is 8.45. The Morgan fingerprint density at radius 1 is 1.12 bits per heavy atom. The summed E-state index contributed by atoms with van der Waals surface area (Å²) in [7, 11) is 0. The van der Waals surface area contributed by atoms with Crippen LogP contribution in [0.5, 0.6) is 0 Å². The van der Waals surface area contributed by atoms with E-state index >= 15 is 0 Å². The van der Waals surface area contributed by atoms with Gasteiger partial charge in [0.05, 0.1) is 11.9 Å². The number of aromatic nitrogens is 2. The van der Waals surface area contributed by atoms with Gasteiger partial charge >= 0.3 is 6.18 Å². The standard InChI is InChI=1S/C11H7F3N2S/c12-11(13,14)9-4-2-1-3-7(9)8-5-15-6-16-10(8)17/h1-6H,(H,15,16,17). The van der Waals surface area contributed by atoms with Gasteiger partial charge in [0, 0.05) is 11.8 Å². The molecule has 2 rings (SSSR count). The van der Waals surface area contributed by atoms with Crippen LogP contribution in [0.4, 0.5) is 13.2 Å². The van der Waals surface area contributed by atoms with E-state index in [4.69, 9.17) is 12.2 Å². The minimum Gasteiger partial charge on any atom is -0.337 e. The van der Waals surface area contributed by atoms with Crippen LogP contribution in [0.1, 0.15) is 5.56 Å². The lowest BCUT2D eigenvalue weighted by Gasteiger charge is -2.12. The molecule has 1 aromatic heterocycles. The molecule has 17 heavy (non-hydrogen) atoms. The monoisotopic (exact) mass is 256 g/mol. The molecule has 0 fully saturated rings. The van der Waals surface area contributed by atoms with Crippen LogP contribution in [0.3, 0.4) is 0 Å². The minimum atomic E-state index is -4.41. The van der Waals surface area contributed by atoms with Crippen LogP contribution in [0.15, 0.2) is 36.8 Å². The molecule has 88 valence electrons. The second-order valence-corrected chi connectivity index (χ2v) is 3.75. The second kappa shape index (κ2) is 4.29. The number of hydrogen-bond acceptors (Lipinski definition) is 2. The summed E-state index contributed by atoms with van der Waals surface area (Å²) in [6.45, 7) is 0. The maximum atomic E-state index is 12.8. The fourth-order valence-corrected chi connectivity index (χ4v) is 1.72. The number of halogens is 3. The second-order valence-electron chi connectivity index (χ2n) is 3.34. The van der Waals surface area contributed by atoms with Gasteiger partial charge in [-0.25, -0.2) is 4.98 Å². The predicted molar refractivity (Wildman–Crippen MR) is 59.9 cm³/mol. The first-order valence-corrected chi connectivity index (χ1v) is 5.10. The normalized spacial score (nSPS) is 11.5. The quantitative estimate of drug-likeness (QED) is 0.786. The molecule has 1 aromatic carbocycles. The summed E-state index contributed by atoms with van der Waals surface area (Å²) in [5.74, 6) is 0. The van der Waals surface area contributed by atoms with E-state index in [0.717, 1.165) is 6.07 Å². The molecular formula is C11H7F3N2S. The molecule has 0 aliphatic heterocycles. The molecule has 0 spiro atoms. The molecule has 1 heterocycles. The van der Waals surface area contributed by atoms with Crippen molar-refractivity contribution in [1.29, 1.82) is 0 Å². The number of hydrogen-bond donors (Lipinski definition) is 1. The van der Waals surface area contributed by atoms with Gasteiger partial charge in [-0.05, 0) is 11.6 Å². The molecule has 2 aromatic rings. The molecule has 0 aliphatic rings. The molecule has 0 amide bonds. The van der Waals surface area contributed by atoms with Crippen molar-refractivity contribution in [2.45, 2.75) is 6.18 Å². The van der Waals surface area contributed by atoms with Crippen molar-refractivity contribution in [3.63, 3.8) is 0 Å². The summed E-state index contributed by atoms with van der Waals surface area (Å²) in [6.07, 6.45) is -1.75. The number of nitrogens with zero attached hydrogens (tertiary/aromatic N) is 1. The Labute approximate surface area is 100 Å². The molecule has 0 saturated carbocycles. The van der Waals surface area contributed by atoms with Gasteiger partial charge in [0.1, 0.15) is 4.64 Å². The number of nitrogens with one attached hydrogen (secondary N) is 1. The molecule has 0 unspecified atom stereocenters. The number of aromatic amines is 1. The Morgan fingerprint density at radius 3 is 2.47 bits per heavy atom. The van der Waals surface area contributed by atoms with E-state index in [0.29, 0.717) is 0 Å². The fourth-order valence-electron chi connectivity index (χ4n) is 1.50. The highest BCUT2D eigenvalue weighted by Gasteiger charge is 2.33. The van der Waals surface area contributed by atoms with Crippen LogP contribution in [0.2, 0.25) is 0 Å². The highest BCUT2D eigenvalue weighted by atomic mass is 32.1. The van der Waals surface area contributed by atoms with Crippen molar-refractivity contribution in [1.82, 2.24) is 9.97 Å². The molecule has 6 heteroatoms. The van der Waals surface area contributed by atoms with E-state index in [2.05, 4.69) is 9.97 Å². The van der Waals surface area contributed by atoms with Crippen LogP contribution in [-0.2, 0) is 6.18 Å². The molecule has 1 N–H and O–H groups in total. The summed E-state index contributed by atoms with van der Waals surface area (Å²) in [5.41, 5.74) is -0.405. The van der Waals surface area contributed by atoms with E-state index < -0.39 is 11.7 Å². The van der Waals surface area contributed by atoms with Gasteiger partial charge in [-0.15, -0.1) is 0 Å². The van der Waals surface area contributed by atoms with E-state index in [1.807, 2.05) is 0 Å². The SMILES string of the molecule is FC(F)(F)c1ccccc1-c1cnc[nH]c1=S. The maximum absolute atomic E-state index is 12.8. The van der Waals surface area contributed by atoms with Crippen LogP contribution in [-0.4, -0.2) is 9.97 Å². The number of H-pyrrole nitrogens is 1. The highest BCUT2D eigenvalue weighted by molar-refractivity contribution is 7.71. The van der Waals surface area contributed by atoms with E-state index in [1.165, 1.54) is 30.7 Å². The maximum Gasteiger partial charge on any atom is 0.417 e. The lowest BCUT2D eigenvalue weighted by molar-refractivity contribution is -0.137. The van der Waals surface area contributed by atoms with Gasteiger partial charge < -0.3 is 4.98 Å². The van der Waals surface area contributed by atoms with Crippen molar-refractivity contribution < 1.29 is 13.2 Å². The Bertz CT molecular complexity index is 590. The third-order valence-corrected chi connectivity index (χ3v) is 2.58. The van der Waals surface area contributed by atoms with Gasteiger partial charge in [-0.2, -0.15) is 13.2 Å². The van der Waals surface area contributed by atoms with E-state index in [1.54, 1.807) is 0 Å². The van der Waals surface area contributed by atoms with Gasteiger partial charge in [-0.1, -0.05) is 30.4 Å². The third-order valence-electron chi connectivity index (χ3n) is 2.24. The predicted octanol–water partition coefficient (Wildman–Crippen LogP) is 3.82. The number of benzene rings is 1. The van der Waals surface area contributed by atoms with Crippen LogP contribution >= 0.6 is 12.2 Å².